The van der Waals surface area contributed by atoms with Gasteiger partial charge in [0, 0.05) is 10.9 Å². The molecule has 2 aliphatic rings. The van der Waals surface area contributed by atoms with Gasteiger partial charge in [-0.25, -0.2) is 4.79 Å². The van der Waals surface area contributed by atoms with E-state index in [0.29, 0.717) is 11.1 Å². The molecule has 6 nitrogen and oxygen atoms in total. The quantitative estimate of drug-likeness (QED) is 0.291. The van der Waals surface area contributed by atoms with E-state index in [1.807, 2.05) is 31.2 Å². The number of carbonyl (C=O) groups is 3. The van der Waals surface area contributed by atoms with Crippen LogP contribution in [0, 0.1) is 18.8 Å². The summed E-state index contributed by atoms with van der Waals surface area (Å²) >= 11 is 39.8. The Balaban J connectivity index is 1.80. The number of alkyl halides is 4. The van der Waals surface area contributed by atoms with Crippen molar-refractivity contribution in [1.82, 2.24) is 0 Å². The van der Waals surface area contributed by atoms with Crippen LogP contribution in [0.3, 0.4) is 0 Å². The molecule has 1 heterocycles. The molecule has 13 heteroatoms. The molecule has 0 radical (unpaired) electrons. The fourth-order valence-corrected chi connectivity index (χ4v) is 8.41. The molecule has 0 aliphatic heterocycles. The van der Waals surface area contributed by atoms with E-state index in [9.17, 15) is 19.5 Å². The molecule has 1 aromatic heterocycles. The number of carboxylic acids is 1. The molecular weight excluding hydrogens is 603 g/mol. The number of fused-ring (bicyclic) bond motifs is 2. The maximum atomic E-state index is 13.6. The van der Waals surface area contributed by atoms with Crippen LogP contribution in [0.5, 0.6) is 0 Å². The van der Waals surface area contributed by atoms with Gasteiger partial charge in [-0.15, -0.1) is 34.5 Å². The number of allylic oxidation sites excluding steroid dienone is 2. The number of benzene rings is 1. The molecule has 1 saturated carbocycles. The summed E-state index contributed by atoms with van der Waals surface area (Å²) in [5.74, 6) is -6.50. The lowest BCUT2D eigenvalue weighted by molar-refractivity contribution is -0.146. The number of amides is 1. The van der Waals surface area contributed by atoms with Gasteiger partial charge >= 0.3 is 11.9 Å². The van der Waals surface area contributed by atoms with Gasteiger partial charge in [0.15, 0.2) is 4.33 Å². The number of hydrogen-bond acceptors (Lipinski definition) is 5. The fourth-order valence-electron chi connectivity index (χ4n) is 4.52. The number of carboxylic acid groups (broad SMARTS) is 1. The van der Waals surface area contributed by atoms with Crippen LogP contribution < -0.4 is 5.32 Å². The molecule has 4 rings (SSSR count). The highest BCUT2D eigenvalue weighted by molar-refractivity contribution is 7.15. The monoisotopic (exact) mass is 615 g/mol. The van der Waals surface area contributed by atoms with Crippen LogP contribution in [0.15, 0.2) is 39.7 Å². The van der Waals surface area contributed by atoms with E-state index in [2.05, 4.69) is 5.32 Å². The Morgan fingerprint density at radius 2 is 1.54 bits per heavy atom. The Kier molecular flexibility index (Phi) is 6.89. The Morgan fingerprint density at radius 3 is 2.06 bits per heavy atom. The number of thiophene rings is 1. The summed E-state index contributed by atoms with van der Waals surface area (Å²) in [5, 5.41) is 13.6. The SMILES string of the molecule is COC(=O)c1c(-c2ccc(C)cc2)csc1NC(=O)[C@@H]1[C@@H](C(=O)O)[C@]2(Cl)C(Cl)=C(Cl)[C@]1(Cl)C2(Cl)Cl. The van der Waals surface area contributed by atoms with Gasteiger partial charge in [0.05, 0.1) is 29.0 Å². The van der Waals surface area contributed by atoms with Crippen LogP contribution in [0.2, 0.25) is 0 Å². The first-order valence-corrected chi connectivity index (χ1v) is 13.0. The molecule has 35 heavy (non-hydrogen) atoms. The highest BCUT2D eigenvalue weighted by Gasteiger charge is 2.85. The van der Waals surface area contributed by atoms with Crippen LogP contribution in [0.25, 0.3) is 11.1 Å². The Labute approximate surface area is 234 Å². The zero-order valence-corrected chi connectivity index (χ0v) is 23.1. The minimum absolute atomic E-state index is 0.0802. The summed E-state index contributed by atoms with van der Waals surface area (Å²) in [4.78, 5) is 34.2. The lowest BCUT2D eigenvalue weighted by Crippen LogP contribution is -2.47. The molecule has 0 unspecified atom stereocenters. The molecule has 1 aromatic carbocycles. The van der Waals surface area contributed by atoms with Crippen molar-refractivity contribution in [2.75, 3.05) is 12.4 Å². The van der Waals surface area contributed by atoms with Crippen LogP contribution >= 0.6 is 80.9 Å². The molecule has 1 fully saturated rings. The summed E-state index contributed by atoms with van der Waals surface area (Å²) < 4.78 is 2.68. The minimum Gasteiger partial charge on any atom is -0.481 e. The summed E-state index contributed by atoms with van der Waals surface area (Å²) in [6.07, 6.45) is 0. The molecule has 2 bridgehead atoms. The first kappa shape index (κ1) is 26.9. The summed E-state index contributed by atoms with van der Waals surface area (Å²) in [6.45, 7) is 1.92. The number of carbonyl (C=O) groups excluding carboxylic acids is 2. The van der Waals surface area contributed by atoms with E-state index in [4.69, 9.17) is 74.3 Å². The van der Waals surface area contributed by atoms with Crippen molar-refractivity contribution >= 4 is 104 Å². The van der Waals surface area contributed by atoms with Crippen LogP contribution in [-0.2, 0) is 14.3 Å². The number of nitrogens with one attached hydrogen (secondary N) is 1. The van der Waals surface area contributed by atoms with Gasteiger partial charge in [-0.3, -0.25) is 9.59 Å². The standard InChI is InChI=1S/C22H15Cl6NO5S/c1-8-3-5-9(6-4-8)10-7-35-17(11(10)19(33)34-2)29-16(30)12-13(18(31)32)21(26)15(24)14(23)20(12,25)22(21,27)28/h3-7,12-13H,1-2H3,(H,29,30)(H,31,32)/t12-,13-,20-,21-/m0/s1. The molecule has 2 aliphatic carbocycles. The highest BCUT2D eigenvalue weighted by Crippen LogP contribution is 2.76. The number of esters is 1. The number of ether oxygens (including phenoxy) is 1. The largest absolute Gasteiger partial charge is 0.481 e. The van der Waals surface area contributed by atoms with Crippen molar-refractivity contribution in [3.05, 3.63) is 50.8 Å². The predicted molar refractivity (Wildman–Crippen MR) is 139 cm³/mol. The topological polar surface area (TPSA) is 92.7 Å². The molecule has 2 N–H and O–H groups in total. The number of hydrogen-bond donors (Lipinski definition) is 2. The molecule has 0 spiro atoms. The Morgan fingerprint density at radius 1 is 1.00 bits per heavy atom. The highest BCUT2D eigenvalue weighted by atomic mass is 35.5. The number of aliphatic carboxylic acids is 1. The van der Waals surface area contributed by atoms with Crippen LogP contribution in [0.4, 0.5) is 5.00 Å². The van der Waals surface area contributed by atoms with Crippen molar-refractivity contribution in [3.63, 3.8) is 0 Å². The zero-order valence-electron chi connectivity index (χ0n) is 17.8. The van der Waals surface area contributed by atoms with Crippen molar-refractivity contribution in [1.29, 1.82) is 0 Å². The number of methoxy groups -OCH3 is 1. The molecule has 2 aromatic rings. The van der Waals surface area contributed by atoms with Crippen molar-refractivity contribution < 1.29 is 24.2 Å². The maximum Gasteiger partial charge on any atom is 0.341 e. The second-order valence-electron chi connectivity index (χ2n) is 8.12. The molecule has 186 valence electrons. The van der Waals surface area contributed by atoms with Gasteiger partial charge in [0.25, 0.3) is 0 Å². The van der Waals surface area contributed by atoms with E-state index < -0.39 is 43.8 Å². The third kappa shape index (κ3) is 3.54. The van der Waals surface area contributed by atoms with Crippen molar-refractivity contribution in [2.45, 2.75) is 21.0 Å². The number of aryl methyl sites for hydroxylation is 1. The average molecular weight is 618 g/mol. The van der Waals surface area contributed by atoms with E-state index in [-0.39, 0.29) is 20.6 Å². The van der Waals surface area contributed by atoms with Crippen molar-refractivity contribution in [3.8, 4) is 11.1 Å². The van der Waals surface area contributed by atoms with E-state index in [0.717, 1.165) is 16.9 Å². The number of anilines is 1. The van der Waals surface area contributed by atoms with Gasteiger partial charge in [-0.05, 0) is 12.5 Å². The first-order valence-electron chi connectivity index (χ1n) is 9.87. The Hall–Kier alpha value is -1.19. The molecular formula is C22H15Cl6NO5S. The maximum absolute atomic E-state index is 13.6. The van der Waals surface area contributed by atoms with E-state index >= 15 is 0 Å². The summed E-state index contributed by atoms with van der Waals surface area (Å²) in [6, 6.07) is 7.38. The molecule has 0 saturated heterocycles. The smallest absolute Gasteiger partial charge is 0.341 e. The number of halogens is 6. The van der Waals surface area contributed by atoms with Gasteiger partial charge in [-0.2, -0.15) is 0 Å². The molecule has 4 atom stereocenters. The summed E-state index contributed by atoms with van der Waals surface area (Å²) in [7, 11) is 1.20. The zero-order chi connectivity index (χ0) is 26.1. The van der Waals surface area contributed by atoms with Gasteiger partial charge in [0.2, 0.25) is 5.91 Å². The lowest BCUT2D eigenvalue weighted by Gasteiger charge is -2.33. The summed E-state index contributed by atoms with van der Waals surface area (Å²) in [5.41, 5.74) is 2.32. The van der Waals surface area contributed by atoms with Crippen molar-refractivity contribution in [2.24, 2.45) is 11.8 Å². The fraction of sp³-hybridized carbons (Fsp3) is 0.318. The minimum atomic E-state index is -2.24. The third-order valence-corrected chi connectivity index (χ3v) is 11.4. The number of rotatable bonds is 5. The second kappa shape index (κ2) is 8.98. The van der Waals surface area contributed by atoms with Gasteiger partial charge < -0.3 is 15.2 Å². The predicted octanol–water partition coefficient (Wildman–Crippen LogP) is 6.61. The average Bonchev–Trinajstić information content (AvgIpc) is 3.30. The van der Waals surface area contributed by atoms with E-state index in [1.54, 1.807) is 5.38 Å². The third-order valence-electron chi connectivity index (χ3n) is 6.26. The van der Waals surface area contributed by atoms with Gasteiger partial charge in [0.1, 0.15) is 20.3 Å². The van der Waals surface area contributed by atoms with Crippen LogP contribution in [-0.4, -0.2) is 44.1 Å². The second-order valence-corrected chi connectivity index (χ2v) is 12.3. The van der Waals surface area contributed by atoms with Crippen LogP contribution in [0.1, 0.15) is 15.9 Å². The Bertz CT molecular complexity index is 1290. The van der Waals surface area contributed by atoms with Gasteiger partial charge in [-0.1, -0.05) is 76.2 Å². The normalized spacial score (nSPS) is 28.8. The first-order chi connectivity index (χ1) is 16.2. The van der Waals surface area contributed by atoms with E-state index in [1.165, 1.54) is 7.11 Å². The lowest BCUT2D eigenvalue weighted by atomic mass is 9.81. The molecule has 1 amide bonds.